The van der Waals surface area contributed by atoms with E-state index in [1.165, 1.54) is 16.9 Å². The van der Waals surface area contributed by atoms with Gasteiger partial charge < -0.3 is 14.4 Å². The van der Waals surface area contributed by atoms with Crippen molar-refractivity contribution in [3.8, 4) is 0 Å². The van der Waals surface area contributed by atoms with Crippen LogP contribution in [0.15, 0.2) is 64.6 Å². The van der Waals surface area contributed by atoms with E-state index in [4.69, 9.17) is 9.47 Å². The van der Waals surface area contributed by atoms with Crippen LogP contribution in [0.1, 0.15) is 24.0 Å². The van der Waals surface area contributed by atoms with E-state index < -0.39 is 6.23 Å². The van der Waals surface area contributed by atoms with Gasteiger partial charge in [0.2, 0.25) is 5.90 Å². The largest absolute Gasteiger partial charge is 0.442 e. The van der Waals surface area contributed by atoms with Crippen LogP contribution in [-0.4, -0.2) is 72.2 Å². The molecular weight excluding hydrogens is 436 g/mol. The summed E-state index contributed by atoms with van der Waals surface area (Å²) in [5.41, 5.74) is 2.19. The van der Waals surface area contributed by atoms with E-state index in [1.807, 2.05) is 30.3 Å². The lowest BCUT2D eigenvalue weighted by Crippen LogP contribution is -2.56. The summed E-state index contributed by atoms with van der Waals surface area (Å²) in [6, 6.07) is 18.5. The van der Waals surface area contributed by atoms with Crippen molar-refractivity contribution in [3.63, 3.8) is 0 Å². The number of hydrazine groups is 1. The highest BCUT2D eigenvalue weighted by molar-refractivity contribution is 8.00. The Morgan fingerprint density at radius 2 is 1.97 bits per heavy atom. The van der Waals surface area contributed by atoms with Crippen LogP contribution in [0, 0.1) is 5.92 Å². The normalized spacial score (nSPS) is 25.1. The average molecular weight is 467 g/mol. The average Bonchev–Trinajstić information content (AvgIpc) is 3.48. The van der Waals surface area contributed by atoms with Crippen LogP contribution in [0.4, 0.5) is 0 Å². The Hall–Kier alpha value is -2.39. The molecule has 33 heavy (non-hydrogen) atoms. The molecule has 174 valence electrons. The van der Waals surface area contributed by atoms with Crippen LogP contribution >= 0.6 is 11.8 Å². The summed E-state index contributed by atoms with van der Waals surface area (Å²) in [7, 11) is 2.18. The Labute approximate surface area is 199 Å². The monoisotopic (exact) mass is 466 g/mol. The third-order valence-electron chi connectivity index (χ3n) is 6.23. The molecule has 3 aliphatic rings. The van der Waals surface area contributed by atoms with Crippen molar-refractivity contribution < 1.29 is 14.3 Å². The van der Waals surface area contributed by atoms with Crippen LogP contribution in [0.5, 0.6) is 0 Å². The number of hydrogen-bond acceptors (Lipinski definition) is 8. The number of rotatable bonds is 9. The molecule has 2 fully saturated rings. The molecular formula is C25H30N4O3S. The number of hydrogen-bond donors (Lipinski definition) is 0. The predicted molar refractivity (Wildman–Crippen MR) is 128 cm³/mol. The number of carbonyl (C=O) groups excluding carboxylic acids is 1. The van der Waals surface area contributed by atoms with Crippen molar-refractivity contribution in [1.82, 2.24) is 15.0 Å². The van der Waals surface area contributed by atoms with Gasteiger partial charge in [-0.25, -0.2) is 0 Å². The zero-order valence-electron chi connectivity index (χ0n) is 18.9. The van der Waals surface area contributed by atoms with Gasteiger partial charge in [0.1, 0.15) is 0 Å². The van der Waals surface area contributed by atoms with Crippen molar-refractivity contribution in [2.45, 2.75) is 35.9 Å². The molecule has 3 unspecified atom stereocenters. The Kier molecular flexibility index (Phi) is 6.96. The first-order chi connectivity index (χ1) is 16.2. The second-order valence-corrected chi connectivity index (χ2v) is 10.1. The molecule has 0 aromatic heterocycles. The molecule has 0 amide bonds. The Balaban J connectivity index is 1.18. The highest BCUT2D eigenvalue weighted by Gasteiger charge is 2.41. The lowest BCUT2D eigenvalue weighted by Gasteiger charge is -2.44. The summed E-state index contributed by atoms with van der Waals surface area (Å²) in [4.78, 5) is 15.3. The molecule has 5 rings (SSSR count). The third-order valence-corrected chi connectivity index (χ3v) is 7.53. The molecule has 2 saturated heterocycles. The number of ether oxygens (including phenoxy) is 2. The van der Waals surface area contributed by atoms with E-state index in [9.17, 15) is 4.79 Å². The van der Waals surface area contributed by atoms with Crippen molar-refractivity contribution in [2.24, 2.45) is 11.0 Å². The van der Waals surface area contributed by atoms with Crippen LogP contribution in [0.3, 0.4) is 0 Å². The SMILES string of the molecule is CN(Cc1ccc(SC2CCN2N2N=C(c3ccccc3)OC2C=O)cc1)CC1CCOC1. The summed E-state index contributed by atoms with van der Waals surface area (Å²) in [6.45, 7) is 4.67. The molecule has 0 aliphatic carbocycles. The van der Waals surface area contributed by atoms with E-state index in [-0.39, 0.29) is 5.37 Å². The second-order valence-electron chi connectivity index (χ2n) is 8.83. The first-order valence-electron chi connectivity index (χ1n) is 11.5. The van der Waals surface area contributed by atoms with Gasteiger partial charge in [-0.15, -0.1) is 16.9 Å². The van der Waals surface area contributed by atoms with E-state index in [0.717, 1.165) is 51.1 Å². The fraction of sp³-hybridized carbons (Fsp3) is 0.440. The van der Waals surface area contributed by atoms with Gasteiger partial charge in [-0.2, -0.15) is 10.1 Å². The molecule has 3 heterocycles. The van der Waals surface area contributed by atoms with E-state index in [2.05, 4.69) is 46.3 Å². The number of aldehydes is 1. The van der Waals surface area contributed by atoms with Crippen molar-refractivity contribution >= 4 is 23.9 Å². The van der Waals surface area contributed by atoms with Crippen LogP contribution < -0.4 is 0 Å². The Morgan fingerprint density at radius 3 is 2.64 bits per heavy atom. The zero-order chi connectivity index (χ0) is 22.6. The van der Waals surface area contributed by atoms with Crippen molar-refractivity contribution in [3.05, 3.63) is 65.7 Å². The Bertz CT molecular complexity index is 965. The highest BCUT2D eigenvalue weighted by atomic mass is 32.2. The van der Waals surface area contributed by atoms with Gasteiger partial charge in [0.05, 0.1) is 12.0 Å². The smallest absolute Gasteiger partial charge is 0.259 e. The zero-order valence-corrected chi connectivity index (χ0v) is 19.7. The van der Waals surface area contributed by atoms with Crippen molar-refractivity contribution in [1.29, 1.82) is 0 Å². The molecule has 2 aromatic carbocycles. The predicted octanol–water partition coefficient (Wildman–Crippen LogP) is 3.41. The third kappa shape index (κ3) is 5.24. The van der Waals surface area contributed by atoms with Gasteiger partial charge in [0.15, 0.2) is 6.29 Å². The molecule has 0 spiro atoms. The standard InChI is InChI=1S/C25H30N4O3S/c1-27(16-20-12-14-31-18-20)15-19-7-9-22(10-8-19)33-24-11-13-28(24)29-23(17-30)32-25(26-29)21-5-3-2-4-6-21/h2-10,17,20,23-24H,11-16,18H2,1H3. The number of nitrogens with zero attached hydrogens (tertiary/aromatic N) is 4. The lowest BCUT2D eigenvalue weighted by molar-refractivity contribution is -0.158. The summed E-state index contributed by atoms with van der Waals surface area (Å²) >= 11 is 1.80. The fourth-order valence-electron chi connectivity index (χ4n) is 4.41. The quantitative estimate of drug-likeness (QED) is 0.525. The first-order valence-corrected chi connectivity index (χ1v) is 12.4. The molecule has 0 saturated carbocycles. The maximum Gasteiger partial charge on any atom is 0.259 e. The van der Waals surface area contributed by atoms with Gasteiger partial charge in [-0.1, -0.05) is 30.3 Å². The maximum absolute atomic E-state index is 11.7. The summed E-state index contributed by atoms with van der Waals surface area (Å²) in [6.07, 6.45) is 2.30. The molecule has 3 atom stereocenters. The highest BCUT2D eigenvalue weighted by Crippen LogP contribution is 2.37. The number of benzene rings is 2. The van der Waals surface area contributed by atoms with Gasteiger partial charge >= 0.3 is 0 Å². The molecule has 7 nitrogen and oxygen atoms in total. The molecule has 2 aromatic rings. The van der Waals surface area contributed by atoms with E-state index in [1.54, 1.807) is 16.9 Å². The maximum atomic E-state index is 11.7. The minimum Gasteiger partial charge on any atom is -0.442 e. The summed E-state index contributed by atoms with van der Waals surface area (Å²) in [5.74, 6) is 1.14. The first kappa shape index (κ1) is 22.4. The van der Waals surface area contributed by atoms with Crippen molar-refractivity contribution in [2.75, 3.05) is 33.4 Å². The van der Waals surface area contributed by atoms with Crippen LogP contribution in [0.2, 0.25) is 0 Å². The fourth-order valence-corrected chi connectivity index (χ4v) is 5.56. The molecule has 0 bridgehead atoms. The van der Waals surface area contributed by atoms with Gasteiger partial charge in [-0.3, -0.25) is 4.79 Å². The van der Waals surface area contributed by atoms with E-state index in [0.29, 0.717) is 11.8 Å². The van der Waals surface area contributed by atoms with Gasteiger partial charge in [0, 0.05) is 36.7 Å². The molecule has 8 heteroatoms. The Morgan fingerprint density at radius 1 is 1.15 bits per heavy atom. The topological polar surface area (TPSA) is 57.6 Å². The number of hydrazone groups is 1. The number of carbonyl (C=O) groups is 1. The van der Waals surface area contributed by atoms with Gasteiger partial charge in [0.25, 0.3) is 6.23 Å². The molecule has 0 N–H and O–H groups in total. The molecule has 3 aliphatic heterocycles. The summed E-state index contributed by atoms with van der Waals surface area (Å²) in [5, 5.41) is 8.65. The summed E-state index contributed by atoms with van der Waals surface area (Å²) < 4.78 is 11.3. The van der Waals surface area contributed by atoms with E-state index >= 15 is 0 Å². The van der Waals surface area contributed by atoms with Crippen LogP contribution in [0.25, 0.3) is 0 Å². The van der Waals surface area contributed by atoms with Crippen LogP contribution in [-0.2, 0) is 20.8 Å². The molecule has 0 radical (unpaired) electrons. The number of thioether (sulfide) groups is 1. The minimum absolute atomic E-state index is 0.228. The minimum atomic E-state index is -0.716. The second kappa shape index (κ2) is 10.3. The van der Waals surface area contributed by atoms with Gasteiger partial charge in [-0.05, 0) is 55.6 Å². The lowest BCUT2D eigenvalue weighted by atomic mass is 10.1.